The summed E-state index contributed by atoms with van der Waals surface area (Å²) in [6.45, 7) is 0.152. The van der Waals surface area contributed by atoms with Crippen LogP contribution < -0.4 is 5.73 Å². The van der Waals surface area contributed by atoms with Gasteiger partial charge in [-0.25, -0.2) is 0 Å². The monoisotopic (exact) mass is 275 g/mol. The zero-order chi connectivity index (χ0) is 13.2. The van der Waals surface area contributed by atoms with Crippen LogP contribution >= 0.6 is 11.8 Å². The number of alkyl halides is 3. The van der Waals surface area contributed by atoms with E-state index in [4.69, 9.17) is 5.73 Å². The van der Waals surface area contributed by atoms with Gasteiger partial charge in [-0.15, -0.1) is 11.8 Å². The molecular formula is C13H16F3NS. The summed E-state index contributed by atoms with van der Waals surface area (Å²) >= 11 is 1.67. The third-order valence-corrected chi connectivity index (χ3v) is 4.66. The molecule has 0 aromatic heterocycles. The highest BCUT2D eigenvalue weighted by Crippen LogP contribution is 2.38. The molecule has 0 unspecified atom stereocenters. The fraction of sp³-hybridized carbons (Fsp3) is 0.538. The normalized spacial score (nSPS) is 17.3. The van der Waals surface area contributed by atoms with E-state index in [0.29, 0.717) is 10.8 Å². The predicted octanol–water partition coefficient (Wildman–Crippen LogP) is 4.20. The highest BCUT2D eigenvalue weighted by atomic mass is 32.2. The lowest BCUT2D eigenvalue weighted by Gasteiger charge is -2.15. The molecule has 0 spiro atoms. The largest absolute Gasteiger partial charge is 0.416 e. The van der Waals surface area contributed by atoms with Crippen LogP contribution in [-0.4, -0.2) is 5.25 Å². The van der Waals surface area contributed by atoms with Crippen LogP contribution in [0.1, 0.15) is 36.8 Å². The lowest BCUT2D eigenvalue weighted by molar-refractivity contribution is -0.137. The first-order chi connectivity index (χ1) is 8.50. The van der Waals surface area contributed by atoms with Crippen LogP contribution in [-0.2, 0) is 12.7 Å². The maximum absolute atomic E-state index is 12.6. The maximum atomic E-state index is 12.6. The topological polar surface area (TPSA) is 26.0 Å². The van der Waals surface area contributed by atoms with Crippen LogP contribution in [0.15, 0.2) is 23.1 Å². The van der Waals surface area contributed by atoms with Crippen LogP contribution in [0.3, 0.4) is 0 Å². The number of rotatable bonds is 3. The highest BCUT2D eigenvalue weighted by Gasteiger charge is 2.31. The van der Waals surface area contributed by atoms with E-state index >= 15 is 0 Å². The number of thioether (sulfide) groups is 1. The molecule has 0 saturated heterocycles. The number of halogens is 3. The summed E-state index contributed by atoms with van der Waals surface area (Å²) in [5.74, 6) is 0. The predicted molar refractivity (Wildman–Crippen MR) is 67.4 cm³/mol. The Morgan fingerprint density at radius 2 is 1.89 bits per heavy atom. The molecule has 1 aliphatic rings. The quantitative estimate of drug-likeness (QED) is 0.894. The molecule has 0 radical (unpaired) electrons. The van der Waals surface area contributed by atoms with Gasteiger partial charge in [0, 0.05) is 16.7 Å². The molecule has 2 N–H and O–H groups in total. The van der Waals surface area contributed by atoms with E-state index in [1.165, 1.54) is 18.9 Å². The van der Waals surface area contributed by atoms with E-state index in [9.17, 15) is 13.2 Å². The van der Waals surface area contributed by atoms with Crippen molar-refractivity contribution >= 4 is 11.8 Å². The van der Waals surface area contributed by atoms with E-state index in [-0.39, 0.29) is 6.54 Å². The van der Waals surface area contributed by atoms with Crippen molar-refractivity contribution in [1.82, 2.24) is 0 Å². The molecule has 0 amide bonds. The molecule has 1 aliphatic carbocycles. The van der Waals surface area contributed by atoms with Gasteiger partial charge in [-0.1, -0.05) is 12.8 Å². The molecule has 5 heteroatoms. The fourth-order valence-corrected chi connectivity index (χ4v) is 3.58. The maximum Gasteiger partial charge on any atom is 0.416 e. The van der Waals surface area contributed by atoms with Crippen LogP contribution in [0.5, 0.6) is 0 Å². The van der Waals surface area contributed by atoms with Crippen molar-refractivity contribution in [2.45, 2.75) is 48.5 Å². The second-order valence-electron chi connectivity index (χ2n) is 4.55. The van der Waals surface area contributed by atoms with Gasteiger partial charge >= 0.3 is 6.18 Å². The van der Waals surface area contributed by atoms with E-state index in [1.807, 2.05) is 0 Å². The molecule has 100 valence electrons. The second kappa shape index (κ2) is 5.53. The summed E-state index contributed by atoms with van der Waals surface area (Å²) in [5.41, 5.74) is 5.54. The summed E-state index contributed by atoms with van der Waals surface area (Å²) in [5, 5.41) is 0.534. The molecule has 18 heavy (non-hydrogen) atoms. The van der Waals surface area contributed by atoms with Crippen LogP contribution in [0.25, 0.3) is 0 Å². The fourth-order valence-electron chi connectivity index (χ4n) is 2.22. The number of benzene rings is 1. The standard InChI is InChI=1S/C13H16F3NS/c14-13(15,16)10-5-6-12(9(7-10)8-17)18-11-3-1-2-4-11/h5-7,11H,1-4,8,17H2. The first kappa shape index (κ1) is 13.7. The van der Waals surface area contributed by atoms with Gasteiger partial charge < -0.3 is 5.73 Å². The molecule has 0 bridgehead atoms. The van der Waals surface area contributed by atoms with Crippen LogP contribution in [0.4, 0.5) is 13.2 Å². The molecule has 1 aromatic rings. The van der Waals surface area contributed by atoms with Crippen molar-refractivity contribution in [2.24, 2.45) is 5.73 Å². The van der Waals surface area contributed by atoms with Crippen molar-refractivity contribution < 1.29 is 13.2 Å². The Morgan fingerprint density at radius 3 is 2.44 bits per heavy atom. The highest BCUT2D eigenvalue weighted by molar-refractivity contribution is 8.00. The molecule has 2 rings (SSSR count). The van der Waals surface area contributed by atoms with Crippen molar-refractivity contribution in [2.75, 3.05) is 0 Å². The van der Waals surface area contributed by atoms with Crippen LogP contribution in [0.2, 0.25) is 0 Å². The zero-order valence-electron chi connectivity index (χ0n) is 9.96. The van der Waals surface area contributed by atoms with Crippen molar-refractivity contribution in [3.63, 3.8) is 0 Å². The third kappa shape index (κ3) is 3.20. The van der Waals surface area contributed by atoms with Gasteiger partial charge in [0.15, 0.2) is 0 Å². The van der Waals surface area contributed by atoms with Gasteiger partial charge in [0.05, 0.1) is 5.56 Å². The van der Waals surface area contributed by atoms with Crippen molar-refractivity contribution in [3.8, 4) is 0 Å². The van der Waals surface area contributed by atoms with Crippen molar-refractivity contribution in [3.05, 3.63) is 29.3 Å². The Balaban J connectivity index is 2.20. The van der Waals surface area contributed by atoms with Crippen molar-refractivity contribution in [1.29, 1.82) is 0 Å². The Bertz CT molecular complexity index is 411. The van der Waals surface area contributed by atoms with Crippen LogP contribution in [0, 0.1) is 0 Å². The summed E-state index contributed by atoms with van der Waals surface area (Å²) in [7, 11) is 0. The Morgan fingerprint density at radius 1 is 1.22 bits per heavy atom. The average molecular weight is 275 g/mol. The molecule has 0 aliphatic heterocycles. The summed E-state index contributed by atoms with van der Waals surface area (Å²) in [4.78, 5) is 0.900. The SMILES string of the molecule is NCc1cc(C(F)(F)F)ccc1SC1CCCC1. The van der Waals surface area contributed by atoms with Gasteiger partial charge in [-0.2, -0.15) is 13.2 Å². The summed E-state index contributed by atoms with van der Waals surface area (Å²) in [6.07, 6.45) is 0.443. The number of nitrogens with two attached hydrogens (primary N) is 1. The average Bonchev–Trinajstić information content (AvgIpc) is 2.81. The molecule has 1 saturated carbocycles. The number of hydrogen-bond donors (Lipinski definition) is 1. The Labute approximate surface area is 109 Å². The summed E-state index contributed by atoms with van der Waals surface area (Å²) in [6, 6.07) is 3.89. The second-order valence-corrected chi connectivity index (χ2v) is 5.89. The first-order valence-electron chi connectivity index (χ1n) is 6.07. The third-order valence-electron chi connectivity index (χ3n) is 3.20. The molecule has 1 fully saturated rings. The van der Waals surface area contributed by atoms with E-state index in [1.54, 1.807) is 17.8 Å². The van der Waals surface area contributed by atoms with Gasteiger partial charge in [0.2, 0.25) is 0 Å². The molecule has 0 atom stereocenters. The number of hydrogen-bond acceptors (Lipinski definition) is 2. The lowest BCUT2D eigenvalue weighted by Crippen LogP contribution is -2.08. The molecule has 0 heterocycles. The molecule has 1 nitrogen and oxygen atoms in total. The Hall–Kier alpha value is -0.680. The van der Waals surface area contributed by atoms with Gasteiger partial charge in [-0.3, -0.25) is 0 Å². The van der Waals surface area contributed by atoms with Gasteiger partial charge in [-0.05, 0) is 36.6 Å². The zero-order valence-corrected chi connectivity index (χ0v) is 10.8. The minimum absolute atomic E-state index is 0.152. The smallest absolute Gasteiger partial charge is 0.326 e. The lowest BCUT2D eigenvalue weighted by atomic mass is 10.1. The first-order valence-corrected chi connectivity index (χ1v) is 6.95. The molecule has 1 aromatic carbocycles. The molecular weight excluding hydrogens is 259 g/mol. The summed E-state index contributed by atoms with van der Waals surface area (Å²) < 4.78 is 37.8. The minimum atomic E-state index is -4.29. The van der Waals surface area contributed by atoms with E-state index < -0.39 is 11.7 Å². The van der Waals surface area contributed by atoms with E-state index in [0.717, 1.165) is 23.8 Å². The van der Waals surface area contributed by atoms with E-state index in [2.05, 4.69) is 0 Å². The minimum Gasteiger partial charge on any atom is -0.326 e. The Kier molecular flexibility index (Phi) is 4.22. The van der Waals surface area contributed by atoms with Gasteiger partial charge in [0.25, 0.3) is 0 Å². The van der Waals surface area contributed by atoms with Gasteiger partial charge in [0.1, 0.15) is 0 Å².